The van der Waals surface area contributed by atoms with Crippen molar-refractivity contribution in [1.29, 1.82) is 0 Å². The van der Waals surface area contributed by atoms with Gasteiger partial charge in [-0.05, 0) is 56.9 Å². The van der Waals surface area contributed by atoms with Crippen LogP contribution >= 0.6 is 0 Å². The van der Waals surface area contributed by atoms with Crippen molar-refractivity contribution in [1.82, 2.24) is 10.2 Å². The van der Waals surface area contributed by atoms with Crippen LogP contribution in [0.15, 0.2) is 24.3 Å². The van der Waals surface area contributed by atoms with Crippen molar-refractivity contribution in [3.63, 3.8) is 0 Å². The van der Waals surface area contributed by atoms with Crippen LogP contribution in [0.5, 0.6) is 0 Å². The molecule has 2 nitrogen and oxygen atoms in total. The summed E-state index contributed by atoms with van der Waals surface area (Å²) in [5.41, 5.74) is 2.90. The molecule has 0 bridgehead atoms. The van der Waals surface area contributed by atoms with E-state index in [4.69, 9.17) is 0 Å². The number of nitrogens with zero attached hydrogens (tertiary/aromatic N) is 1. The molecule has 1 fully saturated rings. The van der Waals surface area contributed by atoms with Gasteiger partial charge in [-0.3, -0.25) is 0 Å². The van der Waals surface area contributed by atoms with Gasteiger partial charge in [0.2, 0.25) is 0 Å². The molecule has 1 N–H and O–H groups in total. The first kappa shape index (κ1) is 14.5. The predicted molar refractivity (Wildman–Crippen MR) is 82.6 cm³/mol. The zero-order chi connectivity index (χ0) is 13.8. The maximum absolute atomic E-state index is 3.64. The minimum Gasteiger partial charge on any atom is -0.312 e. The highest BCUT2D eigenvalue weighted by molar-refractivity contribution is 5.28. The molecule has 0 radical (unpaired) electrons. The van der Waals surface area contributed by atoms with Crippen LogP contribution in [0.2, 0.25) is 0 Å². The van der Waals surface area contributed by atoms with E-state index in [0.29, 0.717) is 18.0 Å². The van der Waals surface area contributed by atoms with Gasteiger partial charge in [-0.25, -0.2) is 0 Å². The Kier molecular flexibility index (Phi) is 5.00. The Labute approximate surface area is 118 Å². The molecule has 2 rings (SSSR count). The van der Waals surface area contributed by atoms with Gasteiger partial charge in [0.1, 0.15) is 0 Å². The van der Waals surface area contributed by atoms with Crippen LogP contribution in [0, 0.1) is 0 Å². The van der Waals surface area contributed by atoms with E-state index in [2.05, 4.69) is 62.4 Å². The van der Waals surface area contributed by atoms with Crippen molar-refractivity contribution >= 4 is 0 Å². The van der Waals surface area contributed by atoms with E-state index >= 15 is 0 Å². The Hall–Kier alpha value is -0.860. The zero-order valence-electron chi connectivity index (χ0n) is 12.8. The second-order valence-corrected chi connectivity index (χ2v) is 6.09. The Bertz CT molecular complexity index is 377. The highest BCUT2D eigenvalue weighted by Crippen LogP contribution is 2.28. The summed E-state index contributed by atoms with van der Waals surface area (Å²) in [6, 6.07) is 10.4. The third-order valence-electron chi connectivity index (χ3n) is 4.50. The highest BCUT2D eigenvalue weighted by Gasteiger charge is 2.27. The predicted octanol–water partition coefficient (Wildman–Crippen LogP) is 3.55. The molecule has 0 amide bonds. The normalized spacial score (nSPS) is 22.7. The molecule has 19 heavy (non-hydrogen) atoms. The summed E-state index contributed by atoms with van der Waals surface area (Å²) < 4.78 is 0. The maximum atomic E-state index is 3.64. The number of benzene rings is 1. The summed E-state index contributed by atoms with van der Waals surface area (Å²) >= 11 is 0. The van der Waals surface area contributed by atoms with E-state index in [1.54, 1.807) is 0 Å². The molecule has 0 aromatic heterocycles. The lowest BCUT2D eigenvalue weighted by molar-refractivity contribution is 0.244. The van der Waals surface area contributed by atoms with Gasteiger partial charge >= 0.3 is 0 Å². The molecular weight excluding hydrogens is 232 g/mol. The van der Waals surface area contributed by atoms with Crippen LogP contribution in [0.25, 0.3) is 0 Å². The number of hydrogen-bond donors (Lipinski definition) is 1. The van der Waals surface area contributed by atoms with Gasteiger partial charge in [0.25, 0.3) is 0 Å². The molecule has 1 saturated heterocycles. The Balaban J connectivity index is 2.17. The lowest BCUT2D eigenvalue weighted by Gasteiger charge is -2.30. The summed E-state index contributed by atoms with van der Waals surface area (Å²) in [6.45, 7) is 5.72. The van der Waals surface area contributed by atoms with Gasteiger partial charge < -0.3 is 10.2 Å². The van der Waals surface area contributed by atoms with Gasteiger partial charge in [0.05, 0.1) is 0 Å². The molecule has 0 saturated carbocycles. The van der Waals surface area contributed by atoms with Crippen molar-refractivity contribution in [2.24, 2.45) is 0 Å². The van der Waals surface area contributed by atoms with Crippen LogP contribution in [0.1, 0.15) is 56.2 Å². The van der Waals surface area contributed by atoms with E-state index < -0.39 is 0 Å². The third-order valence-corrected chi connectivity index (χ3v) is 4.50. The summed E-state index contributed by atoms with van der Waals surface area (Å²) in [5.74, 6) is 0.663. The topological polar surface area (TPSA) is 15.3 Å². The van der Waals surface area contributed by atoms with Crippen LogP contribution in [0.4, 0.5) is 0 Å². The fourth-order valence-electron chi connectivity index (χ4n) is 3.13. The number of rotatable bonds is 5. The van der Waals surface area contributed by atoms with Crippen LogP contribution in [-0.4, -0.2) is 31.6 Å². The fourth-order valence-corrected chi connectivity index (χ4v) is 3.13. The van der Waals surface area contributed by atoms with Gasteiger partial charge in [0.15, 0.2) is 0 Å². The molecule has 1 aromatic carbocycles. The quantitative estimate of drug-likeness (QED) is 0.871. The van der Waals surface area contributed by atoms with Crippen molar-refractivity contribution in [2.45, 2.75) is 51.1 Å². The largest absolute Gasteiger partial charge is 0.312 e. The third kappa shape index (κ3) is 3.37. The summed E-state index contributed by atoms with van der Waals surface area (Å²) in [7, 11) is 4.38. The smallest absolute Gasteiger partial charge is 0.0495 e. The minimum absolute atomic E-state index is 0.494. The van der Waals surface area contributed by atoms with E-state index in [0.717, 1.165) is 0 Å². The number of nitrogens with one attached hydrogen (secondary N) is 1. The maximum Gasteiger partial charge on any atom is 0.0495 e. The summed E-state index contributed by atoms with van der Waals surface area (Å²) in [5, 5.41) is 3.64. The molecule has 1 aliphatic heterocycles. The molecule has 1 aliphatic rings. The van der Waals surface area contributed by atoms with Crippen LogP contribution in [0.3, 0.4) is 0 Å². The average Bonchev–Trinajstić information content (AvgIpc) is 2.92. The first-order valence-electron chi connectivity index (χ1n) is 7.63. The fraction of sp³-hybridized carbons (Fsp3) is 0.647. The zero-order valence-corrected chi connectivity index (χ0v) is 12.8. The van der Waals surface area contributed by atoms with Crippen molar-refractivity contribution in [2.75, 3.05) is 20.6 Å². The monoisotopic (exact) mass is 260 g/mol. The first-order chi connectivity index (χ1) is 9.13. The molecule has 3 unspecified atom stereocenters. The lowest BCUT2D eigenvalue weighted by Crippen LogP contribution is -2.37. The number of hydrogen-bond acceptors (Lipinski definition) is 2. The van der Waals surface area contributed by atoms with Crippen LogP contribution < -0.4 is 5.32 Å². The van der Waals surface area contributed by atoms with E-state index in [-0.39, 0.29) is 0 Å². The van der Waals surface area contributed by atoms with Crippen molar-refractivity contribution in [3.8, 4) is 0 Å². The van der Waals surface area contributed by atoms with E-state index in [9.17, 15) is 0 Å². The van der Waals surface area contributed by atoms with Gasteiger partial charge in [-0.15, -0.1) is 0 Å². The molecule has 1 aromatic rings. The average molecular weight is 260 g/mol. The van der Waals surface area contributed by atoms with E-state index in [1.165, 1.54) is 36.9 Å². The second-order valence-electron chi connectivity index (χ2n) is 6.09. The first-order valence-corrected chi connectivity index (χ1v) is 7.63. The van der Waals surface area contributed by atoms with Crippen LogP contribution in [-0.2, 0) is 0 Å². The summed E-state index contributed by atoms with van der Waals surface area (Å²) in [4.78, 5) is 2.35. The minimum atomic E-state index is 0.494. The lowest BCUT2D eigenvalue weighted by atomic mass is 9.93. The van der Waals surface area contributed by atoms with Crippen molar-refractivity contribution < 1.29 is 0 Å². The molecule has 1 heterocycles. The molecular formula is C17H28N2. The molecule has 3 atom stereocenters. The Morgan fingerprint density at radius 3 is 2.32 bits per heavy atom. The van der Waals surface area contributed by atoms with E-state index in [1.807, 2.05) is 0 Å². The molecule has 0 spiro atoms. The van der Waals surface area contributed by atoms with Crippen molar-refractivity contribution in [3.05, 3.63) is 35.4 Å². The number of likely N-dealkylation sites (N-methyl/N-ethyl adjacent to an activating group) is 1. The SMILES string of the molecule is CCC(C)c1ccc(C(C2CCCN2)N(C)C)cc1. The Morgan fingerprint density at radius 2 is 1.84 bits per heavy atom. The molecule has 0 aliphatic carbocycles. The highest BCUT2D eigenvalue weighted by atomic mass is 15.1. The Morgan fingerprint density at radius 1 is 1.21 bits per heavy atom. The molecule has 106 valence electrons. The van der Waals surface area contributed by atoms with Gasteiger partial charge in [-0.1, -0.05) is 38.1 Å². The standard InChI is InChI=1S/C17H28N2/c1-5-13(2)14-8-10-15(11-9-14)17(19(3)4)16-7-6-12-18-16/h8-11,13,16-18H,5-7,12H2,1-4H3. The molecule has 2 heteroatoms. The second kappa shape index (κ2) is 6.53. The summed E-state index contributed by atoms with van der Waals surface area (Å²) in [6.07, 6.45) is 3.80. The van der Waals surface area contributed by atoms with Gasteiger partial charge in [0, 0.05) is 12.1 Å². The van der Waals surface area contributed by atoms with Gasteiger partial charge in [-0.2, -0.15) is 0 Å².